The van der Waals surface area contributed by atoms with E-state index in [4.69, 9.17) is 4.74 Å². The lowest BCUT2D eigenvalue weighted by Crippen LogP contribution is -2.47. The van der Waals surface area contributed by atoms with E-state index < -0.39 is 0 Å². The van der Waals surface area contributed by atoms with Gasteiger partial charge in [-0.25, -0.2) is 9.97 Å². The maximum atomic E-state index is 5.22. The van der Waals surface area contributed by atoms with Crippen LogP contribution in [0.25, 0.3) is 0 Å². The molecule has 0 amide bonds. The van der Waals surface area contributed by atoms with Crippen LogP contribution >= 0.6 is 0 Å². The Hall–Kier alpha value is -3.28. The summed E-state index contributed by atoms with van der Waals surface area (Å²) < 4.78 is 5.22. The number of benzene rings is 2. The third kappa shape index (κ3) is 4.59. The molecular weight excluding hydrogens is 362 g/mol. The van der Waals surface area contributed by atoms with Crippen LogP contribution < -0.4 is 19.9 Å². The molecule has 6 nitrogen and oxygen atoms in total. The summed E-state index contributed by atoms with van der Waals surface area (Å²) in [6.07, 6.45) is 0. The molecular formula is C23H27N5O. The summed E-state index contributed by atoms with van der Waals surface area (Å²) in [5.74, 6) is 3.37. The zero-order valence-electron chi connectivity index (χ0n) is 17.2. The molecule has 0 atom stereocenters. The van der Waals surface area contributed by atoms with E-state index in [1.165, 1.54) is 11.3 Å². The van der Waals surface area contributed by atoms with Gasteiger partial charge in [-0.15, -0.1) is 0 Å². The number of methoxy groups -OCH3 is 1. The van der Waals surface area contributed by atoms with Crippen LogP contribution in [0.1, 0.15) is 11.4 Å². The van der Waals surface area contributed by atoms with Crippen LogP contribution in [0.15, 0.2) is 54.6 Å². The molecule has 0 radical (unpaired) electrons. The molecule has 6 heteroatoms. The lowest BCUT2D eigenvalue weighted by atomic mass is 10.2. The fraction of sp³-hybridized carbons (Fsp3) is 0.304. The van der Waals surface area contributed by atoms with Crippen molar-refractivity contribution >= 4 is 23.0 Å². The van der Waals surface area contributed by atoms with Gasteiger partial charge in [0, 0.05) is 43.6 Å². The molecule has 1 saturated heterocycles. The number of nitrogens with one attached hydrogen (secondary N) is 1. The molecule has 0 unspecified atom stereocenters. The summed E-state index contributed by atoms with van der Waals surface area (Å²) in [6.45, 7) is 7.91. The number of aryl methyl sites for hydroxylation is 2. The Balaban J connectivity index is 1.45. The summed E-state index contributed by atoms with van der Waals surface area (Å²) >= 11 is 0. The third-order valence-electron chi connectivity index (χ3n) is 5.16. The average Bonchev–Trinajstić information content (AvgIpc) is 2.74. The molecule has 2 aromatic carbocycles. The first-order chi connectivity index (χ1) is 14.1. The second-order valence-corrected chi connectivity index (χ2v) is 7.33. The lowest BCUT2D eigenvalue weighted by molar-refractivity contribution is 0.415. The molecule has 1 fully saturated rings. The molecule has 0 bridgehead atoms. The Morgan fingerprint density at radius 2 is 1.59 bits per heavy atom. The summed E-state index contributed by atoms with van der Waals surface area (Å²) in [7, 11) is 1.67. The number of anilines is 4. The van der Waals surface area contributed by atoms with Gasteiger partial charge in [-0.05, 0) is 55.8 Å². The smallest absolute Gasteiger partial charge is 0.136 e. The number of hydrogen-bond acceptors (Lipinski definition) is 6. The molecule has 29 heavy (non-hydrogen) atoms. The molecule has 0 saturated carbocycles. The van der Waals surface area contributed by atoms with E-state index in [0.717, 1.165) is 55.1 Å². The van der Waals surface area contributed by atoms with Crippen LogP contribution in [-0.4, -0.2) is 43.3 Å². The van der Waals surface area contributed by atoms with Crippen molar-refractivity contribution in [2.75, 3.05) is 48.4 Å². The number of ether oxygens (including phenoxy) is 1. The standard InChI is InChI=1S/C23H27N5O/c1-17-5-4-6-20(15-17)27-11-13-28(14-12-27)23-16-22(24-18(2)25-23)26-19-7-9-21(29-3)10-8-19/h4-10,15-16H,11-14H2,1-3H3,(H,24,25,26). The quantitative estimate of drug-likeness (QED) is 0.707. The van der Waals surface area contributed by atoms with Gasteiger partial charge in [0.25, 0.3) is 0 Å². The first-order valence-electron chi connectivity index (χ1n) is 9.94. The Bertz CT molecular complexity index is 965. The molecule has 3 aromatic rings. The predicted molar refractivity (Wildman–Crippen MR) is 119 cm³/mol. The van der Waals surface area contributed by atoms with Crippen molar-refractivity contribution in [3.05, 3.63) is 66.0 Å². The van der Waals surface area contributed by atoms with Crippen LogP contribution in [0.3, 0.4) is 0 Å². The second-order valence-electron chi connectivity index (χ2n) is 7.33. The minimum Gasteiger partial charge on any atom is -0.497 e. The fourth-order valence-electron chi connectivity index (χ4n) is 3.62. The zero-order valence-corrected chi connectivity index (χ0v) is 17.2. The van der Waals surface area contributed by atoms with Gasteiger partial charge in [0.1, 0.15) is 23.2 Å². The highest BCUT2D eigenvalue weighted by molar-refractivity contribution is 5.61. The van der Waals surface area contributed by atoms with Crippen LogP contribution in [0.5, 0.6) is 5.75 Å². The summed E-state index contributed by atoms with van der Waals surface area (Å²) in [5, 5.41) is 3.37. The molecule has 2 heterocycles. The van der Waals surface area contributed by atoms with Gasteiger partial charge in [-0.2, -0.15) is 0 Å². The highest BCUT2D eigenvalue weighted by atomic mass is 16.5. The maximum Gasteiger partial charge on any atom is 0.136 e. The molecule has 0 aliphatic carbocycles. The Kier molecular flexibility index (Phi) is 5.51. The molecule has 150 valence electrons. The number of rotatable bonds is 5. The van der Waals surface area contributed by atoms with Crippen molar-refractivity contribution in [1.82, 2.24) is 9.97 Å². The third-order valence-corrected chi connectivity index (χ3v) is 5.16. The van der Waals surface area contributed by atoms with E-state index in [0.29, 0.717) is 0 Å². The molecule has 1 aromatic heterocycles. The van der Waals surface area contributed by atoms with E-state index in [-0.39, 0.29) is 0 Å². The van der Waals surface area contributed by atoms with E-state index in [1.807, 2.05) is 37.3 Å². The first kappa shape index (κ1) is 19.1. The normalized spacial score (nSPS) is 14.0. The van der Waals surface area contributed by atoms with Gasteiger partial charge in [0.05, 0.1) is 7.11 Å². The van der Waals surface area contributed by atoms with Crippen LogP contribution in [-0.2, 0) is 0 Å². The van der Waals surface area contributed by atoms with Crippen molar-refractivity contribution in [2.24, 2.45) is 0 Å². The van der Waals surface area contributed by atoms with Gasteiger partial charge < -0.3 is 19.9 Å². The Labute approximate surface area is 172 Å². The van der Waals surface area contributed by atoms with Gasteiger partial charge in [-0.3, -0.25) is 0 Å². The number of hydrogen-bond donors (Lipinski definition) is 1. The SMILES string of the molecule is COc1ccc(Nc2cc(N3CCN(c4cccc(C)c4)CC3)nc(C)n2)cc1. The lowest BCUT2D eigenvalue weighted by Gasteiger charge is -2.37. The first-order valence-corrected chi connectivity index (χ1v) is 9.94. The summed E-state index contributed by atoms with van der Waals surface area (Å²) in [5.41, 5.74) is 3.56. The highest BCUT2D eigenvalue weighted by Gasteiger charge is 2.19. The zero-order chi connectivity index (χ0) is 20.2. The van der Waals surface area contributed by atoms with E-state index in [9.17, 15) is 0 Å². The van der Waals surface area contributed by atoms with E-state index >= 15 is 0 Å². The van der Waals surface area contributed by atoms with Gasteiger partial charge in [0.2, 0.25) is 0 Å². The molecule has 1 N–H and O–H groups in total. The summed E-state index contributed by atoms with van der Waals surface area (Å²) in [4.78, 5) is 14.0. The Morgan fingerprint density at radius 3 is 2.28 bits per heavy atom. The van der Waals surface area contributed by atoms with Crippen LogP contribution in [0.4, 0.5) is 23.0 Å². The summed E-state index contributed by atoms with van der Waals surface area (Å²) in [6, 6.07) is 18.6. The van der Waals surface area contributed by atoms with Crippen molar-refractivity contribution in [2.45, 2.75) is 13.8 Å². The van der Waals surface area contributed by atoms with Gasteiger partial charge in [0.15, 0.2) is 0 Å². The second kappa shape index (κ2) is 8.39. The predicted octanol–water partition coefficient (Wildman–Crippen LogP) is 4.17. The van der Waals surface area contributed by atoms with Gasteiger partial charge >= 0.3 is 0 Å². The molecule has 4 rings (SSSR count). The largest absolute Gasteiger partial charge is 0.497 e. The Morgan fingerprint density at radius 1 is 0.862 bits per heavy atom. The number of piperazine rings is 1. The van der Waals surface area contributed by atoms with E-state index in [1.54, 1.807) is 7.11 Å². The number of aromatic nitrogens is 2. The fourth-order valence-corrected chi connectivity index (χ4v) is 3.62. The minimum absolute atomic E-state index is 0.764. The molecule has 1 aliphatic heterocycles. The minimum atomic E-state index is 0.764. The van der Waals surface area contributed by atoms with Crippen molar-refractivity contribution in [3.63, 3.8) is 0 Å². The van der Waals surface area contributed by atoms with Gasteiger partial charge in [-0.1, -0.05) is 12.1 Å². The van der Waals surface area contributed by atoms with E-state index in [2.05, 4.69) is 56.3 Å². The monoisotopic (exact) mass is 389 g/mol. The number of nitrogens with zero attached hydrogens (tertiary/aromatic N) is 4. The van der Waals surface area contributed by atoms with Crippen LogP contribution in [0, 0.1) is 13.8 Å². The maximum absolute atomic E-state index is 5.22. The molecule has 1 aliphatic rings. The molecule has 0 spiro atoms. The highest BCUT2D eigenvalue weighted by Crippen LogP contribution is 2.24. The van der Waals surface area contributed by atoms with Crippen molar-refractivity contribution in [1.29, 1.82) is 0 Å². The van der Waals surface area contributed by atoms with Crippen molar-refractivity contribution in [3.8, 4) is 5.75 Å². The van der Waals surface area contributed by atoms with Crippen LogP contribution in [0.2, 0.25) is 0 Å². The average molecular weight is 390 g/mol. The van der Waals surface area contributed by atoms with Crippen molar-refractivity contribution < 1.29 is 4.74 Å². The topological polar surface area (TPSA) is 53.5 Å².